The van der Waals surface area contributed by atoms with Gasteiger partial charge in [0.25, 0.3) is 0 Å². The van der Waals surface area contributed by atoms with Crippen molar-refractivity contribution in [2.45, 2.75) is 44.3 Å². The van der Waals surface area contributed by atoms with Crippen molar-refractivity contribution in [2.75, 3.05) is 12.4 Å². The molecule has 2 aromatic heterocycles. The van der Waals surface area contributed by atoms with Gasteiger partial charge in [-0.1, -0.05) is 61.2 Å². The topological polar surface area (TPSA) is 75.9 Å². The lowest BCUT2D eigenvalue weighted by molar-refractivity contribution is -0.192. The SMILES string of the molecule is COc1ccc(-c2cccc(-c3nc4ccc(Cl)cn4c3NC3CCCCC3)c2)cc1.O=C(O)C(F)(F)F. The van der Waals surface area contributed by atoms with Crippen LogP contribution >= 0.6 is 11.6 Å². The first kappa shape index (κ1) is 27.3. The van der Waals surface area contributed by atoms with Crippen molar-refractivity contribution in [2.24, 2.45) is 0 Å². The third-order valence-electron chi connectivity index (χ3n) is 6.33. The fourth-order valence-electron chi connectivity index (χ4n) is 4.43. The van der Waals surface area contributed by atoms with Crippen molar-refractivity contribution < 1.29 is 27.8 Å². The van der Waals surface area contributed by atoms with Gasteiger partial charge in [-0.25, -0.2) is 9.78 Å². The Kier molecular flexibility index (Phi) is 8.46. The van der Waals surface area contributed by atoms with E-state index in [2.05, 4.69) is 46.1 Å². The Balaban J connectivity index is 0.000000426. The van der Waals surface area contributed by atoms with Crippen LogP contribution in [-0.4, -0.2) is 39.8 Å². The Morgan fingerprint density at radius 1 is 1.03 bits per heavy atom. The number of rotatable bonds is 5. The number of carboxylic acids is 1. The van der Waals surface area contributed by atoms with Gasteiger partial charge in [0, 0.05) is 17.8 Å². The fraction of sp³-hybridized carbons (Fsp3) is 0.286. The summed E-state index contributed by atoms with van der Waals surface area (Å²) in [6.45, 7) is 0. The molecule has 0 amide bonds. The van der Waals surface area contributed by atoms with Gasteiger partial charge < -0.3 is 15.2 Å². The summed E-state index contributed by atoms with van der Waals surface area (Å²) in [5, 5.41) is 11.6. The van der Waals surface area contributed by atoms with E-state index in [0.29, 0.717) is 11.1 Å². The largest absolute Gasteiger partial charge is 0.497 e. The van der Waals surface area contributed by atoms with Crippen LogP contribution in [0.25, 0.3) is 28.0 Å². The maximum absolute atomic E-state index is 10.6. The first-order valence-corrected chi connectivity index (χ1v) is 12.5. The molecule has 38 heavy (non-hydrogen) atoms. The zero-order valence-corrected chi connectivity index (χ0v) is 21.4. The van der Waals surface area contributed by atoms with Crippen LogP contribution in [-0.2, 0) is 4.79 Å². The molecule has 2 aromatic carbocycles. The van der Waals surface area contributed by atoms with Crippen molar-refractivity contribution in [3.05, 3.63) is 71.9 Å². The first-order valence-electron chi connectivity index (χ1n) is 12.1. The monoisotopic (exact) mass is 545 g/mol. The summed E-state index contributed by atoms with van der Waals surface area (Å²) >= 11 is 6.33. The van der Waals surface area contributed by atoms with E-state index in [1.165, 1.54) is 32.1 Å². The number of benzene rings is 2. The summed E-state index contributed by atoms with van der Waals surface area (Å²) in [6.07, 6.45) is 3.13. The van der Waals surface area contributed by atoms with Crippen molar-refractivity contribution >= 4 is 29.0 Å². The van der Waals surface area contributed by atoms with E-state index >= 15 is 0 Å². The molecule has 6 nitrogen and oxygen atoms in total. The molecule has 5 rings (SSSR count). The van der Waals surface area contributed by atoms with Crippen LogP contribution < -0.4 is 10.1 Å². The van der Waals surface area contributed by atoms with Crippen LogP contribution in [0.2, 0.25) is 5.02 Å². The lowest BCUT2D eigenvalue weighted by Crippen LogP contribution is -2.23. The highest BCUT2D eigenvalue weighted by Gasteiger charge is 2.38. The van der Waals surface area contributed by atoms with Crippen LogP contribution in [0.5, 0.6) is 5.75 Å². The second-order valence-corrected chi connectivity index (χ2v) is 9.41. The first-order chi connectivity index (χ1) is 18.2. The number of anilines is 1. The molecule has 0 spiro atoms. The summed E-state index contributed by atoms with van der Waals surface area (Å²) in [4.78, 5) is 13.9. The number of nitrogens with zero attached hydrogens (tertiary/aromatic N) is 2. The minimum Gasteiger partial charge on any atom is -0.497 e. The van der Waals surface area contributed by atoms with E-state index in [1.54, 1.807) is 7.11 Å². The predicted octanol–water partition coefficient (Wildman–Crippen LogP) is 7.71. The molecule has 2 heterocycles. The van der Waals surface area contributed by atoms with Gasteiger partial charge in [-0.3, -0.25) is 4.40 Å². The Bertz CT molecular complexity index is 1400. The zero-order valence-electron chi connectivity index (χ0n) is 20.6. The molecule has 10 heteroatoms. The van der Waals surface area contributed by atoms with Crippen LogP contribution in [0.4, 0.5) is 19.0 Å². The number of carbonyl (C=O) groups is 1. The van der Waals surface area contributed by atoms with Crippen LogP contribution in [0, 0.1) is 0 Å². The Hall–Kier alpha value is -3.72. The van der Waals surface area contributed by atoms with E-state index in [4.69, 9.17) is 31.2 Å². The number of imidazole rings is 1. The van der Waals surface area contributed by atoms with E-state index in [-0.39, 0.29) is 0 Å². The van der Waals surface area contributed by atoms with Gasteiger partial charge >= 0.3 is 12.1 Å². The Labute approximate surface area is 223 Å². The van der Waals surface area contributed by atoms with Gasteiger partial charge in [-0.15, -0.1) is 0 Å². The van der Waals surface area contributed by atoms with E-state index < -0.39 is 12.1 Å². The third kappa shape index (κ3) is 6.58. The number of carboxylic acid groups (broad SMARTS) is 1. The highest BCUT2D eigenvalue weighted by atomic mass is 35.5. The lowest BCUT2D eigenvalue weighted by atomic mass is 9.95. The number of hydrogen-bond acceptors (Lipinski definition) is 4. The molecule has 0 bridgehead atoms. The molecule has 1 aliphatic rings. The van der Waals surface area contributed by atoms with Gasteiger partial charge in [-0.2, -0.15) is 13.2 Å². The molecule has 0 radical (unpaired) electrons. The molecule has 2 N–H and O–H groups in total. The molecule has 0 aliphatic heterocycles. The lowest BCUT2D eigenvalue weighted by Gasteiger charge is -2.24. The van der Waals surface area contributed by atoms with Crippen molar-refractivity contribution in [3.8, 4) is 28.1 Å². The van der Waals surface area contributed by atoms with Crippen molar-refractivity contribution in [1.29, 1.82) is 0 Å². The van der Waals surface area contributed by atoms with E-state index in [1.807, 2.05) is 30.5 Å². The molecule has 1 fully saturated rings. The summed E-state index contributed by atoms with van der Waals surface area (Å²) in [7, 11) is 1.69. The second kappa shape index (κ2) is 11.8. The fourth-order valence-corrected chi connectivity index (χ4v) is 4.59. The van der Waals surface area contributed by atoms with Crippen LogP contribution in [0.1, 0.15) is 32.1 Å². The highest BCUT2D eigenvalue weighted by Crippen LogP contribution is 2.34. The molecule has 200 valence electrons. The number of halogens is 4. The maximum atomic E-state index is 10.6. The molecular formula is C28H27ClF3N3O3. The predicted molar refractivity (Wildman–Crippen MR) is 142 cm³/mol. The zero-order chi connectivity index (χ0) is 27.3. The molecule has 1 saturated carbocycles. The number of pyridine rings is 1. The number of alkyl halides is 3. The number of aromatic nitrogens is 2. The number of hydrogen-bond donors (Lipinski definition) is 2. The molecule has 4 aromatic rings. The molecular weight excluding hydrogens is 519 g/mol. The number of fused-ring (bicyclic) bond motifs is 1. The summed E-state index contributed by atoms with van der Waals surface area (Å²) in [6, 6.07) is 21.1. The summed E-state index contributed by atoms with van der Waals surface area (Å²) in [5.41, 5.74) is 5.25. The van der Waals surface area contributed by atoms with Gasteiger partial charge in [0.05, 0.1) is 12.1 Å². The van der Waals surface area contributed by atoms with Crippen molar-refractivity contribution in [3.63, 3.8) is 0 Å². The second-order valence-electron chi connectivity index (χ2n) is 8.98. The molecule has 1 aliphatic carbocycles. The van der Waals surface area contributed by atoms with Crippen LogP contribution in [0.3, 0.4) is 0 Å². The van der Waals surface area contributed by atoms with Gasteiger partial charge in [0.1, 0.15) is 22.9 Å². The number of ether oxygens (including phenoxy) is 1. The molecule has 0 unspecified atom stereocenters. The maximum Gasteiger partial charge on any atom is 0.490 e. The third-order valence-corrected chi connectivity index (χ3v) is 6.55. The molecule has 0 saturated heterocycles. The Morgan fingerprint density at radius 2 is 1.68 bits per heavy atom. The average Bonchev–Trinajstić information content (AvgIpc) is 3.26. The van der Waals surface area contributed by atoms with Gasteiger partial charge in [0.2, 0.25) is 0 Å². The smallest absolute Gasteiger partial charge is 0.490 e. The van der Waals surface area contributed by atoms with E-state index in [9.17, 15) is 13.2 Å². The standard InChI is InChI=1S/C26H26ClN3O.C2HF3O2/c1-31-23-13-10-18(11-14-23)19-6-5-7-20(16-19)25-26(28-22-8-3-2-4-9-22)30-17-21(27)12-15-24(30)29-25;3-2(4,5)1(6)7/h5-7,10-17,22,28H,2-4,8-9H2,1H3;(H,6,7). The molecule has 0 atom stereocenters. The highest BCUT2D eigenvalue weighted by molar-refractivity contribution is 6.30. The number of nitrogens with one attached hydrogen (secondary N) is 1. The average molecular weight is 546 g/mol. The van der Waals surface area contributed by atoms with Gasteiger partial charge in [0.15, 0.2) is 0 Å². The minimum absolute atomic E-state index is 0.469. The summed E-state index contributed by atoms with van der Waals surface area (Å²) in [5.74, 6) is -0.875. The van der Waals surface area contributed by atoms with Crippen LogP contribution in [0.15, 0.2) is 66.9 Å². The minimum atomic E-state index is -5.08. The normalized spacial score (nSPS) is 14.0. The number of methoxy groups -OCH3 is 1. The summed E-state index contributed by atoms with van der Waals surface area (Å²) < 4.78 is 39.1. The quantitative estimate of drug-likeness (QED) is 0.269. The van der Waals surface area contributed by atoms with Crippen molar-refractivity contribution in [1.82, 2.24) is 9.38 Å². The van der Waals surface area contributed by atoms with E-state index in [0.717, 1.165) is 39.6 Å². The Morgan fingerprint density at radius 3 is 2.32 bits per heavy atom. The number of aliphatic carboxylic acids is 1. The van der Waals surface area contributed by atoms with Gasteiger partial charge in [-0.05, 0) is 54.3 Å².